The molecule has 0 saturated heterocycles. The lowest BCUT2D eigenvalue weighted by Crippen LogP contribution is -1.98. The molecule has 0 bridgehead atoms. The maximum absolute atomic E-state index is 10.4. The van der Waals surface area contributed by atoms with Crippen molar-refractivity contribution in [3.8, 4) is 23.7 Å². The van der Waals surface area contributed by atoms with Crippen LogP contribution >= 0.6 is 0 Å². The molecular formula is C12H14O3. The summed E-state index contributed by atoms with van der Waals surface area (Å²) in [6.45, 7) is 1.77. The Labute approximate surface area is 90.1 Å². The molecule has 0 saturated carbocycles. The zero-order chi connectivity index (χ0) is 11.4. The first-order valence-corrected chi connectivity index (χ1v) is 4.63. The first-order chi connectivity index (χ1) is 7.27. The normalized spacial score (nSPS) is 8.67. The first-order valence-electron chi connectivity index (χ1n) is 4.63. The number of carbonyl (C=O) groups excluding carboxylic acids is 1. The molecule has 0 radical (unpaired) electrons. The molecule has 0 amide bonds. The summed E-state index contributed by atoms with van der Waals surface area (Å²) in [7, 11) is 0. The van der Waals surface area contributed by atoms with E-state index >= 15 is 0 Å². The Morgan fingerprint density at radius 1 is 1.27 bits per heavy atom. The van der Waals surface area contributed by atoms with Crippen LogP contribution in [0.3, 0.4) is 0 Å². The molecule has 3 heteroatoms. The lowest BCUT2D eigenvalue weighted by atomic mass is 10.4. The zero-order valence-electron chi connectivity index (χ0n) is 8.75. The van der Waals surface area contributed by atoms with Gasteiger partial charge in [0.2, 0.25) is 0 Å². The predicted molar refractivity (Wildman–Crippen MR) is 57.6 cm³/mol. The van der Waals surface area contributed by atoms with E-state index in [4.69, 9.17) is 5.11 Å². The number of esters is 1. The summed E-state index contributed by atoms with van der Waals surface area (Å²) >= 11 is 0. The first kappa shape index (κ1) is 13.3. The summed E-state index contributed by atoms with van der Waals surface area (Å²) in [5, 5.41) is 8.41. The number of hydrogen-bond acceptors (Lipinski definition) is 3. The second-order valence-electron chi connectivity index (χ2n) is 2.54. The third-order valence-corrected chi connectivity index (χ3v) is 1.22. The molecule has 0 aromatic carbocycles. The Bertz CT molecular complexity index is 320. The maximum atomic E-state index is 10.4. The van der Waals surface area contributed by atoms with E-state index in [9.17, 15) is 4.79 Å². The Kier molecular flexibility index (Phi) is 9.19. The fraction of sp³-hybridized carbons (Fsp3) is 0.417. The van der Waals surface area contributed by atoms with E-state index in [2.05, 4.69) is 28.4 Å². The summed E-state index contributed by atoms with van der Waals surface area (Å²) in [6.07, 6.45) is 4.24. The highest BCUT2D eigenvalue weighted by Gasteiger charge is 1.87. The van der Waals surface area contributed by atoms with Gasteiger partial charge in [0.1, 0.15) is 6.61 Å². The minimum absolute atomic E-state index is 0.0783. The fourth-order valence-corrected chi connectivity index (χ4v) is 0.647. The van der Waals surface area contributed by atoms with Crippen molar-refractivity contribution in [2.75, 3.05) is 13.2 Å². The minimum Gasteiger partial charge on any atom is -0.465 e. The Morgan fingerprint density at radius 2 is 1.87 bits per heavy atom. The quantitative estimate of drug-likeness (QED) is 0.423. The van der Waals surface area contributed by atoms with Gasteiger partial charge in [-0.15, -0.1) is 0 Å². The largest absolute Gasteiger partial charge is 0.465 e. The number of carbonyl (C=O) groups is 1. The van der Waals surface area contributed by atoms with Gasteiger partial charge in [-0.2, -0.15) is 0 Å². The smallest absolute Gasteiger partial charge is 0.302 e. The average molecular weight is 206 g/mol. The van der Waals surface area contributed by atoms with Gasteiger partial charge < -0.3 is 9.84 Å². The van der Waals surface area contributed by atoms with Gasteiger partial charge in [0.15, 0.2) is 0 Å². The van der Waals surface area contributed by atoms with Crippen molar-refractivity contribution in [2.24, 2.45) is 0 Å². The van der Waals surface area contributed by atoms with Gasteiger partial charge in [0.25, 0.3) is 0 Å². The number of allylic oxidation sites excluding steroid dienone is 2. The number of aliphatic hydroxyl groups excluding tert-OH is 1. The van der Waals surface area contributed by atoms with Crippen molar-refractivity contribution >= 4 is 5.97 Å². The highest BCUT2D eigenvalue weighted by molar-refractivity contribution is 5.65. The van der Waals surface area contributed by atoms with Crippen LogP contribution in [0.2, 0.25) is 0 Å². The lowest BCUT2D eigenvalue weighted by Gasteiger charge is -1.94. The molecule has 80 valence electrons. The summed E-state index contributed by atoms with van der Waals surface area (Å²) in [5.74, 6) is 10.7. The molecule has 0 atom stereocenters. The standard InChI is InChI=1S/C12H14O3/c1-12(14)15-11-9-7-5-3-2-4-6-8-10-13/h2-3,13H,8-11H2,1H3/b3-2-. The second kappa shape index (κ2) is 10.4. The predicted octanol–water partition coefficient (Wildman–Crippen LogP) is 0.885. The Morgan fingerprint density at radius 3 is 2.40 bits per heavy atom. The molecule has 0 fully saturated rings. The highest BCUT2D eigenvalue weighted by atomic mass is 16.5. The molecule has 0 rings (SSSR count). The van der Waals surface area contributed by atoms with Crippen molar-refractivity contribution in [3.63, 3.8) is 0 Å². The van der Waals surface area contributed by atoms with Crippen LogP contribution in [-0.4, -0.2) is 24.3 Å². The van der Waals surface area contributed by atoms with Gasteiger partial charge in [-0.25, -0.2) is 0 Å². The van der Waals surface area contributed by atoms with Crippen molar-refractivity contribution in [3.05, 3.63) is 12.2 Å². The molecule has 1 N–H and O–H groups in total. The van der Waals surface area contributed by atoms with Crippen molar-refractivity contribution in [1.29, 1.82) is 0 Å². The van der Waals surface area contributed by atoms with E-state index < -0.39 is 0 Å². The molecule has 15 heavy (non-hydrogen) atoms. The topological polar surface area (TPSA) is 46.5 Å². The van der Waals surface area contributed by atoms with Crippen LogP contribution in [0.4, 0.5) is 0 Å². The number of hydrogen-bond donors (Lipinski definition) is 1. The zero-order valence-corrected chi connectivity index (χ0v) is 8.75. The highest BCUT2D eigenvalue weighted by Crippen LogP contribution is 1.81. The second-order valence-corrected chi connectivity index (χ2v) is 2.54. The number of aliphatic hydroxyl groups is 1. The van der Waals surface area contributed by atoms with Gasteiger partial charge in [0.05, 0.1) is 6.61 Å². The Balaban J connectivity index is 3.54. The van der Waals surface area contributed by atoms with E-state index in [1.807, 2.05) is 0 Å². The summed E-state index contributed by atoms with van der Waals surface area (Å²) in [4.78, 5) is 10.4. The van der Waals surface area contributed by atoms with Gasteiger partial charge in [-0.1, -0.05) is 23.7 Å². The van der Waals surface area contributed by atoms with Crippen LogP contribution in [0.15, 0.2) is 12.2 Å². The molecule has 0 aliphatic rings. The molecule has 0 heterocycles. The molecule has 0 aliphatic carbocycles. The van der Waals surface area contributed by atoms with Gasteiger partial charge in [-0.3, -0.25) is 4.79 Å². The van der Waals surface area contributed by atoms with Crippen LogP contribution in [0.25, 0.3) is 0 Å². The van der Waals surface area contributed by atoms with Crippen LogP contribution in [-0.2, 0) is 9.53 Å². The van der Waals surface area contributed by atoms with Gasteiger partial charge in [-0.05, 0) is 12.2 Å². The van der Waals surface area contributed by atoms with Crippen LogP contribution in [0.1, 0.15) is 19.8 Å². The molecule has 0 spiro atoms. The SMILES string of the molecule is CC(=O)OCCC#C/C=C\C#CCCO. The van der Waals surface area contributed by atoms with Crippen LogP contribution in [0, 0.1) is 23.7 Å². The average Bonchev–Trinajstić information content (AvgIpc) is 2.20. The van der Waals surface area contributed by atoms with Crippen LogP contribution < -0.4 is 0 Å². The monoisotopic (exact) mass is 206 g/mol. The third kappa shape index (κ3) is 12.3. The van der Waals surface area contributed by atoms with E-state index in [1.54, 1.807) is 12.2 Å². The lowest BCUT2D eigenvalue weighted by molar-refractivity contribution is -0.140. The van der Waals surface area contributed by atoms with Crippen LogP contribution in [0.5, 0.6) is 0 Å². The Hall–Kier alpha value is -1.71. The molecule has 0 unspecified atom stereocenters. The van der Waals surface area contributed by atoms with E-state index in [0.717, 1.165) is 0 Å². The fourth-order valence-electron chi connectivity index (χ4n) is 0.647. The molecule has 3 nitrogen and oxygen atoms in total. The van der Waals surface area contributed by atoms with Crippen molar-refractivity contribution < 1.29 is 14.6 Å². The van der Waals surface area contributed by atoms with Crippen molar-refractivity contribution in [2.45, 2.75) is 19.8 Å². The summed E-state index contributed by atoms with van der Waals surface area (Å²) in [6, 6.07) is 0. The van der Waals surface area contributed by atoms with E-state index in [0.29, 0.717) is 19.4 Å². The summed E-state index contributed by atoms with van der Waals surface area (Å²) < 4.78 is 4.68. The summed E-state index contributed by atoms with van der Waals surface area (Å²) in [5.41, 5.74) is 0. The number of rotatable bonds is 3. The minimum atomic E-state index is -0.290. The third-order valence-electron chi connectivity index (χ3n) is 1.22. The van der Waals surface area contributed by atoms with Crippen molar-refractivity contribution in [1.82, 2.24) is 0 Å². The van der Waals surface area contributed by atoms with Gasteiger partial charge >= 0.3 is 5.97 Å². The molecule has 0 aromatic rings. The van der Waals surface area contributed by atoms with Gasteiger partial charge in [0, 0.05) is 19.8 Å². The molecule has 0 aromatic heterocycles. The van der Waals surface area contributed by atoms with E-state index in [-0.39, 0.29) is 12.6 Å². The number of ether oxygens (including phenoxy) is 1. The molecule has 0 aliphatic heterocycles. The molecular weight excluding hydrogens is 192 g/mol. The van der Waals surface area contributed by atoms with E-state index in [1.165, 1.54) is 6.92 Å². The maximum Gasteiger partial charge on any atom is 0.302 e.